The van der Waals surface area contributed by atoms with Crippen molar-refractivity contribution in [3.63, 3.8) is 0 Å². The lowest BCUT2D eigenvalue weighted by atomic mass is 9.88. The molecule has 110 valence electrons. The number of rotatable bonds is 2. The van der Waals surface area contributed by atoms with Gasteiger partial charge in [0.05, 0.1) is 6.54 Å². The molecule has 0 aromatic rings. The molecule has 1 amide bonds. The summed E-state index contributed by atoms with van der Waals surface area (Å²) in [4.78, 5) is 26.8. The molecule has 1 aliphatic rings. The number of carbonyl (C=O) groups excluding carboxylic acids is 1. The summed E-state index contributed by atoms with van der Waals surface area (Å²) < 4.78 is 5.31. The average molecular weight is 272 g/mol. The number of carboxylic acid groups (broad SMARTS) is 1. The lowest BCUT2D eigenvalue weighted by molar-refractivity contribution is -0.153. The number of ether oxygens (including phenoxy) is 1. The lowest BCUT2D eigenvalue weighted by Gasteiger charge is -2.43. The second-order valence-corrected chi connectivity index (χ2v) is 6.24. The molecule has 1 heterocycles. The number of likely N-dealkylation sites (N-methyl/N-ethyl adjacent to an activating group) is 1. The first-order chi connectivity index (χ1) is 8.58. The van der Waals surface area contributed by atoms with E-state index in [1.54, 1.807) is 39.8 Å². The van der Waals surface area contributed by atoms with Gasteiger partial charge < -0.3 is 14.7 Å². The number of carbonyl (C=O) groups is 2. The van der Waals surface area contributed by atoms with Crippen molar-refractivity contribution in [2.24, 2.45) is 0 Å². The molecule has 0 aromatic carbocycles. The molecule has 0 radical (unpaired) electrons. The number of likely N-dealkylation sites (tertiary alicyclic amines) is 1. The summed E-state index contributed by atoms with van der Waals surface area (Å²) in [6.07, 6.45) is 0.748. The van der Waals surface area contributed by atoms with E-state index < -0.39 is 23.2 Å². The van der Waals surface area contributed by atoms with Crippen molar-refractivity contribution in [2.75, 3.05) is 27.2 Å². The quantitative estimate of drug-likeness (QED) is 0.823. The number of hydrogen-bond donors (Lipinski definition) is 1. The maximum atomic E-state index is 12.0. The molecule has 1 saturated heterocycles. The van der Waals surface area contributed by atoms with Crippen LogP contribution < -0.4 is 0 Å². The van der Waals surface area contributed by atoms with Crippen LogP contribution in [0.2, 0.25) is 0 Å². The van der Waals surface area contributed by atoms with Gasteiger partial charge in [-0.2, -0.15) is 0 Å². The fraction of sp³-hybridized carbons (Fsp3) is 0.846. The molecule has 1 aliphatic heterocycles. The van der Waals surface area contributed by atoms with Crippen molar-refractivity contribution in [3.8, 4) is 0 Å². The minimum atomic E-state index is -1.02. The SMILES string of the molecule is CN(C)C1(C(=O)O)CCCN(C(=O)OC(C)(C)C)C1. The van der Waals surface area contributed by atoms with Crippen LogP contribution in [0.5, 0.6) is 0 Å². The van der Waals surface area contributed by atoms with E-state index in [2.05, 4.69) is 0 Å². The van der Waals surface area contributed by atoms with Crippen LogP contribution in [0.1, 0.15) is 33.6 Å². The average Bonchev–Trinajstić information content (AvgIpc) is 2.26. The van der Waals surface area contributed by atoms with Crippen molar-refractivity contribution in [3.05, 3.63) is 0 Å². The number of nitrogens with zero attached hydrogens (tertiary/aromatic N) is 2. The van der Waals surface area contributed by atoms with Crippen molar-refractivity contribution >= 4 is 12.1 Å². The summed E-state index contributed by atoms with van der Waals surface area (Å²) in [5.41, 5.74) is -1.59. The molecular weight excluding hydrogens is 248 g/mol. The molecule has 0 saturated carbocycles. The van der Waals surface area contributed by atoms with Crippen molar-refractivity contribution in [1.82, 2.24) is 9.80 Å². The number of carboxylic acids is 1. The Bertz CT molecular complexity index is 362. The zero-order valence-corrected chi connectivity index (χ0v) is 12.4. The molecule has 1 N–H and O–H groups in total. The summed E-state index contributed by atoms with van der Waals surface area (Å²) in [7, 11) is 3.46. The Morgan fingerprint density at radius 3 is 2.32 bits per heavy atom. The molecule has 0 bridgehead atoms. The van der Waals surface area contributed by atoms with Crippen molar-refractivity contribution in [1.29, 1.82) is 0 Å². The monoisotopic (exact) mass is 272 g/mol. The van der Waals surface area contributed by atoms with E-state index in [-0.39, 0.29) is 6.54 Å². The molecule has 1 fully saturated rings. The van der Waals surface area contributed by atoms with Gasteiger partial charge in [0.1, 0.15) is 11.1 Å². The van der Waals surface area contributed by atoms with Gasteiger partial charge in [-0.25, -0.2) is 4.79 Å². The second-order valence-electron chi connectivity index (χ2n) is 6.24. The van der Waals surface area contributed by atoms with Gasteiger partial charge in [0.2, 0.25) is 0 Å². The minimum Gasteiger partial charge on any atom is -0.480 e. The predicted octanol–water partition coefficient (Wildman–Crippen LogP) is 1.40. The van der Waals surface area contributed by atoms with Crippen LogP contribution >= 0.6 is 0 Å². The summed E-state index contributed by atoms with van der Waals surface area (Å²) in [6, 6.07) is 0. The first-order valence-corrected chi connectivity index (χ1v) is 6.47. The molecule has 6 nitrogen and oxygen atoms in total. The Kier molecular flexibility index (Phi) is 4.45. The van der Waals surface area contributed by atoms with Crippen molar-refractivity contribution < 1.29 is 19.4 Å². The van der Waals surface area contributed by atoms with Crippen molar-refractivity contribution in [2.45, 2.75) is 44.8 Å². The first-order valence-electron chi connectivity index (χ1n) is 6.47. The third kappa shape index (κ3) is 3.59. The van der Waals surface area contributed by atoms with E-state index in [0.717, 1.165) is 0 Å². The Hall–Kier alpha value is -1.30. The lowest BCUT2D eigenvalue weighted by Crippen LogP contribution is -2.62. The standard InChI is InChI=1S/C13H24N2O4/c1-12(2,3)19-11(18)15-8-6-7-13(9-15,10(16)17)14(4)5/h6-9H2,1-5H3,(H,16,17). The normalized spacial score (nSPS) is 24.4. The van der Waals surface area contributed by atoms with Gasteiger partial charge in [-0.05, 0) is 47.7 Å². The fourth-order valence-corrected chi connectivity index (χ4v) is 2.25. The van der Waals surface area contributed by atoms with Gasteiger partial charge in [-0.15, -0.1) is 0 Å². The van der Waals surface area contributed by atoms with Crippen LogP contribution in [-0.2, 0) is 9.53 Å². The van der Waals surface area contributed by atoms with Gasteiger partial charge in [0, 0.05) is 6.54 Å². The third-order valence-corrected chi connectivity index (χ3v) is 3.38. The van der Waals surface area contributed by atoms with Crippen LogP contribution in [0.3, 0.4) is 0 Å². The number of piperidine rings is 1. The highest BCUT2D eigenvalue weighted by atomic mass is 16.6. The Balaban J connectivity index is 2.84. The molecule has 6 heteroatoms. The maximum absolute atomic E-state index is 12.0. The topological polar surface area (TPSA) is 70.1 Å². The van der Waals surface area contributed by atoms with Crippen LogP contribution in [0.4, 0.5) is 4.79 Å². The van der Waals surface area contributed by atoms with Crippen LogP contribution in [0.25, 0.3) is 0 Å². The largest absolute Gasteiger partial charge is 0.480 e. The highest BCUT2D eigenvalue weighted by Crippen LogP contribution is 2.27. The van der Waals surface area contributed by atoms with Gasteiger partial charge in [0.15, 0.2) is 0 Å². The minimum absolute atomic E-state index is 0.157. The smallest absolute Gasteiger partial charge is 0.410 e. The van der Waals surface area contributed by atoms with Gasteiger partial charge in [-0.3, -0.25) is 9.69 Å². The first kappa shape index (κ1) is 15.8. The summed E-state index contributed by atoms with van der Waals surface area (Å²) in [5.74, 6) is -0.897. The Morgan fingerprint density at radius 1 is 1.32 bits per heavy atom. The third-order valence-electron chi connectivity index (χ3n) is 3.38. The molecule has 0 aromatic heterocycles. The van der Waals surface area contributed by atoms with Crippen LogP contribution in [-0.4, -0.2) is 65.3 Å². The number of hydrogen-bond acceptors (Lipinski definition) is 4. The molecule has 19 heavy (non-hydrogen) atoms. The van der Waals surface area contributed by atoms with E-state index >= 15 is 0 Å². The molecule has 1 unspecified atom stereocenters. The fourth-order valence-electron chi connectivity index (χ4n) is 2.25. The zero-order valence-electron chi connectivity index (χ0n) is 12.4. The van der Waals surface area contributed by atoms with E-state index in [1.807, 2.05) is 0 Å². The molecule has 1 atom stereocenters. The van der Waals surface area contributed by atoms with Gasteiger partial charge in [0.25, 0.3) is 0 Å². The van der Waals surface area contributed by atoms with Gasteiger partial charge in [-0.1, -0.05) is 0 Å². The van der Waals surface area contributed by atoms with E-state index in [0.29, 0.717) is 19.4 Å². The zero-order chi connectivity index (χ0) is 14.8. The molecule has 1 rings (SSSR count). The summed E-state index contributed by atoms with van der Waals surface area (Å²) in [6.45, 7) is 6.09. The summed E-state index contributed by atoms with van der Waals surface area (Å²) >= 11 is 0. The maximum Gasteiger partial charge on any atom is 0.410 e. The molecule has 0 spiro atoms. The Morgan fingerprint density at radius 2 is 1.89 bits per heavy atom. The molecular formula is C13H24N2O4. The van der Waals surface area contributed by atoms with E-state index in [4.69, 9.17) is 4.74 Å². The van der Waals surface area contributed by atoms with Gasteiger partial charge >= 0.3 is 12.1 Å². The molecule has 0 aliphatic carbocycles. The number of aliphatic carboxylic acids is 1. The van der Waals surface area contributed by atoms with Crippen LogP contribution in [0.15, 0.2) is 0 Å². The highest BCUT2D eigenvalue weighted by molar-refractivity contribution is 5.80. The van der Waals surface area contributed by atoms with E-state index in [9.17, 15) is 14.7 Å². The highest BCUT2D eigenvalue weighted by Gasteiger charge is 2.46. The van der Waals surface area contributed by atoms with E-state index in [1.165, 1.54) is 4.90 Å². The van der Waals surface area contributed by atoms with Crippen LogP contribution in [0, 0.1) is 0 Å². The Labute approximate surface area is 114 Å². The summed E-state index contributed by atoms with van der Waals surface area (Å²) in [5, 5.41) is 9.47. The number of amides is 1. The predicted molar refractivity (Wildman–Crippen MR) is 71.1 cm³/mol. The second kappa shape index (κ2) is 5.36.